The molecular formula is C23H37NOS. The Morgan fingerprint density at radius 1 is 0.962 bits per heavy atom. The second-order valence-electron chi connectivity index (χ2n) is 7.01. The van der Waals surface area contributed by atoms with Gasteiger partial charge in [0.25, 0.3) is 0 Å². The molecule has 0 N–H and O–H groups in total. The van der Waals surface area contributed by atoms with E-state index in [1.165, 1.54) is 69.3 Å². The summed E-state index contributed by atoms with van der Waals surface area (Å²) in [6.07, 6.45) is 17.0. The van der Waals surface area contributed by atoms with Crippen LogP contribution in [-0.2, 0) is 4.74 Å². The molecule has 0 aromatic carbocycles. The molecule has 0 amide bonds. The van der Waals surface area contributed by atoms with Gasteiger partial charge in [0.05, 0.1) is 6.10 Å². The number of thioether (sulfide) groups is 1. The van der Waals surface area contributed by atoms with E-state index in [0.29, 0.717) is 6.10 Å². The van der Waals surface area contributed by atoms with Gasteiger partial charge in [0.15, 0.2) is 0 Å². The van der Waals surface area contributed by atoms with Crippen LogP contribution in [0.4, 0.5) is 0 Å². The van der Waals surface area contributed by atoms with E-state index in [1.807, 2.05) is 18.3 Å². The smallest absolute Gasteiger partial charge is 0.0518 e. The van der Waals surface area contributed by atoms with E-state index < -0.39 is 0 Å². The molecule has 2 nitrogen and oxygen atoms in total. The lowest BCUT2D eigenvalue weighted by molar-refractivity contribution is 0.0800. The molecule has 0 saturated heterocycles. The van der Waals surface area contributed by atoms with Gasteiger partial charge in [-0.05, 0) is 56.7 Å². The van der Waals surface area contributed by atoms with Crippen LogP contribution in [0.15, 0.2) is 24.5 Å². The molecule has 146 valence electrons. The fraction of sp³-hybridized carbons (Fsp3) is 0.696. The molecule has 1 rings (SSSR count). The van der Waals surface area contributed by atoms with E-state index in [0.717, 1.165) is 18.6 Å². The molecule has 0 spiro atoms. The maximum atomic E-state index is 5.55. The van der Waals surface area contributed by atoms with Gasteiger partial charge in [0.1, 0.15) is 0 Å². The zero-order chi connectivity index (χ0) is 18.7. The van der Waals surface area contributed by atoms with Crippen molar-refractivity contribution in [3.63, 3.8) is 0 Å². The van der Waals surface area contributed by atoms with Crippen molar-refractivity contribution in [1.29, 1.82) is 0 Å². The van der Waals surface area contributed by atoms with Crippen LogP contribution in [0.5, 0.6) is 0 Å². The number of hydrogen-bond acceptors (Lipinski definition) is 3. The largest absolute Gasteiger partial charge is 0.379 e. The van der Waals surface area contributed by atoms with Crippen molar-refractivity contribution < 1.29 is 4.74 Å². The summed E-state index contributed by atoms with van der Waals surface area (Å²) in [7, 11) is 0. The standard InChI is InChI=1S/C23H37NOS/c1-22(2)25-18-14-20-26-19-12-10-8-6-4-3-5-7-9-11-15-23-16-13-17-24-21-23/h13,16-17,21-22H,3-10,12,14,18-20H2,1-2H3. The van der Waals surface area contributed by atoms with Gasteiger partial charge in [-0.3, -0.25) is 4.98 Å². The molecule has 1 heterocycles. The molecule has 0 fully saturated rings. The number of pyridine rings is 1. The Morgan fingerprint density at radius 3 is 2.35 bits per heavy atom. The van der Waals surface area contributed by atoms with Gasteiger partial charge >= 0.3 is 0 Å². The summed E-state index contributed by atoms with van der Waals surface area (Å²) in [5.74, 6) is 8.99. The predicted molar refractivity (Wildman–Crippen MR) is 116 cm³/mol. The molecule has 0 aliphatic carbocycles. The number of unbranched alkanes of at least 4 members (excludes halogenated alkanes) is 8. The van der Waals surface area contributed by atoms with Crippen molar-refractivity contribution in [3.8, 4) is 11.8 Å². The molecule has 1 aromatic rings. The summed E-state index contributed by atoms with van der Waals surface area (Å²) in [5.41, 5.74) is 1.02. The minimum Gasteiger partial charge on any atom is -0.379 e. The van der Waals surface area contributed by atoms with Crippen LogP contribution < -0.4 is 0 Å². The van der Waals surface area contributed by atoms with E-state index in [4.69, 9.17) is 4.74 Å². The third kappa shape index (κ3) is 15.3. The van der Waals surface area contributed by atoms with Crippen molar-refractivity contribution in [1.82, 2.24) is 4.98 Å². The van der Waals surface area contributed by atoms with Crippen LogP contribution in [0.3, 0.4) is 0 Å². The average Bonchev–Trinajstić information content (AvgIpc) is 2.65. The minimum atomic E-state index is 0.375. The number of hydrogen-bond donors (Lipinski definition) is 0. The molecule has 0 radical (unpaired) electrons. The summed E-state index contributed by atoms with van der Waals surface area (Å²) < 4.78 is 5.55. The Hall–Kier alpha value is -0.980. The first-order chi connectivity index (χ1) is 12.8. The first kappa shape index (κ1) is 23.1. The minimum absolute atomic E-state index is 0.375. The highest BCUT2D eigenvalue weighted by Crippen LogP contribution is 2.12. The number of rotatable bonds is 15. The van der Waals surface area contributed by atoms with Crippen LogP contribution in [0.1, 0.15) is 83.6 Å². The van der Waals surface area contributed by atoms with Crippen LogP contribution in [0.25, 0.3) is 0 Å². The van der Waals surface area contributed by atoms with Crippen molar-refractivity contribution in [3.05, 3.63) is 30.1 Å². The summed E-state index contributed by atoms with van der Waals surface area (Å²) in [6.45, 7) is 5.12. The molecule has 3 heteroatoms. The zero-order valence-electron chi connectivity index (χ0n) is 16.8. The van der Waals surface area contributed by atoms with Gasteiger partial charge in [-0.2, -0.15) is 11.8 Å². The summed E-state index contributed by atoms with van der Waals surface area (Å²) >= 11 is 2.09. The van der Waals surface area contributed by atoms with Gasteiger partial charge < -0.3 is 4.74 Å². The monoisotopic (exact) mass is 375 g/mol. The third-order valence-corrected chi connectivity index (χ3v) is 5.27. The predicted octanol–water partition coefficient (Wildman–Crippen LogP) is 6.49. The lowest BCUT2D eigenvalue weighted by Gasteiger charge is -2.06. The number of nitrogens with zero attached hydrogens (tertiary/aromatic N) is 1. The van der Waals surface area contributed by atoms with Crippen LogP contribution in [0, 0.1) is 11.8 Å². The highest BCUT2D eigenvalue weighted by atomic mass is 32.2. The van der Waals surface area contributed by atoms with E-state index in [9.17, 15) is 0 Å². The second kappa shape index (κ2) is 17.4. The van der Waals surface area contributed by atoms with Gasteiger partial charge in [-0.25, -0.2) is 0 Å². The summed E-state index contributed by atoms with van der Waals surface area (Å²) in [5, 5.41) is 0. The Kier molecular flexibility index (Phi) is 15.5. The third-order valence-electron chi connectivity index (χ3n) is 4.12. The quantitative estimate of drug-likeness (QED) is 0.258. The number of aromatic nitrogens is 1. The molecular weight excluding hydrogens is 338 g/mol. The Morgan fingerprint density at radius 2 is 1.65 bits per heavy atom. The normalized spacial score (nSPS) is 10.7. The van der Waals surface area contributed by atoms with Crippen LogP contribution in [0.2, 0.25) is 0 Å². The molecule has 0 atom stereocenters. The van der Waals surface area contributed by atoms with Crippen molar-refractivity contribution in [2.45, 2.75) is 84.2 Å². The maximum Gasteiger partial charge on any atom is 0.0518 e. The summed E-state index contributed by atoms with van der Waals surface area (Å²) in [6, 6.07) is 3.95. The summed E-state index contributed by atoms with van der Waals surface area (Å²) in [4.78, 5) is 4.07. The first-order valence-electron chi connectivity index (χ1n) is 10.4. The SMILES string of the molecule is CC(C)OCCCSCCCCCCCCCCC#Cc1cccnc1. The van der Waals surface area contributed by atoms with E-state index in [-0.39, 0.29) is 0 Å². The highest BCUT2D eigenvalue weighted by Gasteiger charge is 1.95. The van der Waals surface area contributed by atoms with E-state index >= 15 is 0 Å². The van der Waals surface area contributed by atoms with E-state index in [1.54, 1.807) is 6.20 Å². The van der Waals surface area contributed by atoms with E-state index in [2.05, 4.69) is 42.4 Å². The molecule has 1 aromatic heterocycles. The molecule has 0 aliphatic heterocycles. The first-order valence-corrected chi connectivity index (χ1v) is 11.5. The fourth-order valence-corrected chi connectivity index (χ4v) is 3.60. The van der Waals surface area contributed by atoms with Crippen molar-refractivity contribution in [2.24, 2.45) is 0 Å². The van der Waals surface area contributed by atoms with Crippen molar-refractivity contribution >= 4 is 11.8 Å². The average molecular weight is 376 g/mol. The van der Waals surface area contributed by atoms with Crippen molar-refractivity contribution in [2.75, 3.05) is 18.1 Å². The lowest BCUT2D eigenvalue weighted by Crippen LogP contribution is -2.04. The molecule has 0 aliphatic rings. The van der Waals surface area contributed by atoms with Gasteiger partial charge in [0.2, 0.25) is 0 Å². The van der Waals surface area contributed by atoms with Gasteiger partial charge in [-0.15, -0.1) is 0 Å². The maximum absolute atomic E-state index is 5.55. The molecule has 0 unspecified atom stereocenters. The Balaban J connectivity index is 1.75. The highest BCUT2D eigenvalue weighted by molar-refractivity contribution is 7.99. The molecule has 0 saturated carbocycles. The van der Waals surface area contributed by atoms with Gasteiger partial charge in [0, 0.05) is 31.0 Å². The Labute approximate surface area is 165 Å². The molecule has 0 bridgehead atoms. The van der Waals surface area contributed by atoms with Gasteiger partial charge in [-0.1, -0.05) is 50.4 Å². The zero-order valence-corrected chi connectivity index (χ0v) is 17.7. The fourth-order valence-electron chi connectivity index (χ4n) is 2.66. The molecule has 26 heavy (non-hydrogen) atoms. The van der Waals surface area contributed by atoms with Crippen LogP contribution in [-0.4, -0.2) is 29.2 Å². The van der Waals surface area contributed by atoms with Crippen LogP contribution >= 0.6 is 11.8 Å². The Bertz CT molecular complexity index is 478. The second-order valence-corrected chi connectivity index (χ2v) is 8.23. The number of ether oxygens (including phenoxy) is 1. The topological polar surface area (TPSA) is 22.1 Å². The lowest BCUT2D eigenvalue weighted by atomic mass is 10.1.